The molecule has 3 N–H and O–H groups in total. The number of aromatic nitrogens is 2. The highest BCUT2D eigenvalue weighted by atomic mass is 32.2. The van der Waals surface area contributed by atoms with E-state index in [9.17, 15) is 0 Å². The third kappa shape index (κ3) is 3.12. The van der Waals surface area contributed by atoms with Gasteiger partial charge in [0.15, 0.2) is 0 Å². The van der Waals surface area contributed by atoms with Crippen LogP contribution in [0.2, 0.25) is 0 Å². The van der Waals surface area contributed by atoms with Crippen molar-refractivity contribution in [1.29, 1.82) is 0 Å². The number of hydrazine groups is 1. The molecular weight excluding hydrogens is 258 g/mol. The van der Waals surface area contributed by atoms with Gasteiger partial charge in [0.2, 0.25) is 0 Å². The van der Waals surface area contributed by atoms with Crippen molar-refractivity contribution >= 4 is 23.4 Å². The summed E-state index contributed by atoms with van der Waals surface area (Å²) in [6, 6.07) is 0. The maximum Gasteiger partial charge on any atom is 0.148 e. The fourth-order valence-electron chi connectivity index (χ4n) is 2.24. The zero-order valence-corrected chi connectivity index (χ0v) is 12.9. The van der Waals surface area contributed by atoms with Gasteiger partial charge in [0, 0.05) is 35.6 Å². The number of nitrogens with zero attached hydrogens (tertiary/aromatic N) is 3. The molecule has 1 unspecified atom stereocenters. The number of nitrogens with one attached hydrogen (secondary N) is 1. The van der Waals surface area contributed by atoms with E-state index in [-0.39, 0.29) is 0 Å². The highest BCUT2D eigenvalue weighted by Gasteiger charge is 2.22. The molecule has 1 aromatic heterocycles. The average Bonchev–Trinajstić information content (AvgIpc) is 2.38. The van der Waals surface area contributed by atoms with Crippen molar-refractivity contribution in [1.82, 2.24) is 9.97 Å². The Labute approximate surface area is 119 Å². The first-order chi connectivity index (χ1) is 9.02. The number of nitrogen functional groups attached to an aromatic ring is 1. The SMILES string of the molecule is Cc1c(NN)nc(C(C)C)nc1N1CCSC(C)C1. The second-order valence-corrected chi connectivity index (χ2v) is 6.85. The molecule has 1 atom stereocenters. The first-order valence-corrected chi connectivity index (χ1v) is 7.79. The maximum absolute atomic E-state index is 5.58. The Hall–Kier alpha value is -1.01. The first-order valence-electron chi connectivity index (χ1n) is 6.74. The van der Waals surface area contributed by atoms with E-state index in [2.05, 4.69) is 36.1 Å². The minimum absolute atomic E-state index is 0.294. The highest BCUT2D eigenvalue weighted by molar-refractivity contribution is 8.00. The van der Waals surface area contributed by atoms with Gasteiger partial charge in [-0.05, 0) is 6.92 Å². The van der Waals surface area contributed by atoms with Gasteiger partial charge in [-0.2, -0.15) is 11.8 Å². The van der Waals surface area contributed by atoms with E-state index in [0.717, 1.165) is 41.9 Å². The van der Waals surface area contributed by atoms with Gasteiger partial charge < -0.3 is 10.3 Å². The lowest BCUT2D eigenvalue weighted by Gasteiger charge is -2.33. The lowest BCUT2D eigenvalue weighted by atomic mass is 10.2. The van der Waals surface area contributed by atoms with Crippen LogP contribution in [0.15, 0.2) is 0 Å². The quantitative estimate of drug-likeness (QED) is 0.653. The lowest BCUT2D eigenvalue weighted by Crippen LogP contribution is -2.38. The Bertz CT molecular complexity index is 449. The van der Waals surface area contributed by atoms with Crippen molar-refractivity contribution in [3.8, 4) is 0 Å². The van der Waals surface area contributed by atoms with Crippen LogP contribution in [0.3, 0.4) is 0 Å². The Balaban J connectivity index is 2.39. The number of hydrogen-bond acceptors (Lipinski definition) is 6. The molecule has 1 fully saturated rings. The molecule has 1 aliphatic rings. The standard InChI is InChI=1S/C13H23N5S/c1-8(2)11-15-12(17-14)10(4)13(16-11)18-5-6-19-9(3)7-18/h8-9H,5-7,14H2,1-4H3,(H,15,16,17). The first kappa shape index (κ1) is 14.4. The zero-order chi connectivity index (χ0) is 14.0. The summed E-state index contributed by atoms with van der Waals surface area (Å²) in [7, 11) is 0. The van der Waals surface area contributed by atoms with Crippen molar-refractivity contribution in [3.05, 3.63) is 11.4 Å². The minimum atomic E-state index is 0.294. The molecule has 0 spiro atoms. The van der Waals surface area contributed by atoms with Crippen LogP contribution >= 0.6 is 11.8 Å². The van der Waals surface area contributed by atoms with E-state index in [1.54, 1.807) is 0 Å². The molecule has 0 saturated carbocycles. The van der Waals surface area contributed by atoms with Gasteiger partial charge in [-0.25, -0.2) is 15.8 Å². The van der Waals surface area contributed by atoms with Gasteiger partial charge in [-0.15, -0.1) is 0 Å². The normalized spacial score (nSPS) is 19.9. The molecule has 6 heteroatoms. The fraction of sp³-hybridized carbons (Fsp3) is 0.692. The molecule has 0 aromatic carbocycles. The van der Waals surface area contributed by atoms with Gasteiger partial charge in [-0.1, -0.05) is 20.8 Å². The van der Waals surface area contributed by atoms with E-state index in [1.165, 1.54) is 0 Å². The van der Waals surface area contributed by atoms with E-state index in [4.69, 9.17) is 10.8 Å². The third-order valence-corrected chi connectivity index (χ3v) is 4.47. The number of thioether (sulfide) groups is 1. The molecule has 0 amide bonds. The Morgan fingerprint density at radius 2 is 2.16 bits per heavy atom. The van der Waals surface area contributed by atoms with Gasteiger partial charge in [-0.3, -0.25) is 0 Å². The van der Waals surface area contributed by atoms with Crippen LogP contribution in [-0.4, -0.2) is 34.1 Å². The Morgan fingerprint density at radius 3 is 2.74 bits per heavy atom. The topological polar surface area (TPSA) is 67.1 Å². The summed E-state index contributed by atoms with van der Waals surface area (Å²) in [5.41, 5.74) is 3.73. The molecule has 0 bridgehead atoms. The lowest BCUT2D eigenvalue weighted by molar-refractivity contribution is 0.730. The van der Waals surface area contributed by atoms with E-state index in [0.29, 0.717) is 11.2 Å². The second kappa shape index (κ2) is 5.96. The van der Waals surface area contributed by atoms with E-state index < -0.39 is 0 Å². The molecule has 19 heavy (non-hydrogen) atoms. The third-order valence-electron chi connectivity index (χ3n) is 3.33. The molecular formula is C13H23N5S. The van der Waals surface area contributed by atoms with Crippen LogP contribution in [0.1, 0.15) is 38.1 Å². The molecule has 2 heterocycles. The predicted molar refractivity (Wildman–Crippen MR) is 82.8 cm³/mol. The van der Waals surface area contributed by atoms with Crippen LogP contribution in [0.4, 0.5) is 11.6 Å². The summed E-state index contributed by atoms with van der Waals surface area (Å²) >= 11 is 2.02. The van der Waals surface area contributed by atoms with E-state index >= 15 is 0 Å². The van der Waals surface area contributed by atoms with E-state index in [1.807, 2.05) is 18.7 Å². The molecule has 5 nitrogen and oxygen atoms in total. The van der Waals surface area contributed by atoms with Gasteiger partial charge in [0.25, 0.3) is 0 Å². The van der Waals surface area contributed by atoms with Crippen LogP contribution < -0.4 is 16.2 Å². The molecule has 2 rings (SSSR count). The number of rotatable bonds is 3. The number of nitrogens with two attached hydrogens (primary N) is 1. The van der Waals surface area contributed by atoms with Crippen molar-refractivity contribution < 1.29 is 0 Å². The minimum Gasteiger partial charge on any atom is -0.354 e. The summed E-state index contributed by atoms with van der Waals surface area (Å²) in [5, 5.41) is 0.639. The van der Waals surface area contributed by atoms with Gasteiger partial charge in [0.05, 0.1) is 0 Å². The van der Waals surface area contributed by atoms with Crippen LogP contribution in [0.5, 0.6) is 0 Å². The molecule has 1 aliphatic heterocycles. The summed E-state index contributed by atoms with van der Waals surface area (Å²) in [4.78, 5) is 11.6. The Morgan fingerprint density at radius 1 is 1.42 bits per heavy atom. The zero-order valence-electron chi connectivity index (χ0n) is 12.1. The molecule has 0 radical (unpaired) electrons. The number of hydrogen-bond donors (Lipinski definition) is 2. The maximum atomic E-state index is 5.58. The summed E-state index contributed by atoms with van der Waals surface area (Å²) in [6.07, 6.45) is 0. The van der Waals surface area contributed by atoms with Gasteiger partial charge >= 0.3 is 0 Å². The van der Waals surface area contributed by atoms with Crippen molar-refractivity contribution in [2.45, 2.75) is 38.9 Å². The van der Waals surface area contributed by atoms with Crippen molar-refractivity contribution in [3.63, 3.8) is 0 Å². The summed E-state index contributed by atoms with van der Waals surface area (Å²) in [5.74, 6) is 9.63. The monoisotopic (exact) mass is 281 g/mol. The molecule has 1 saturated heterocycles. The van der Waals surface area contributed by atoms with Crippen LogP contribution in [0, 0.1) is 6.92 Å². The fourth-order valence-corrected chi connectivity index (χ4v) is 3.25. The molecule has 1 aromatic rings. The molecule has 0 aliphatic carbocycles. The second-order valence-electron chi connectivity index (χ2n) is 5.31. The van der Waals surface area contributed by atoms with Crippen LogP contribution in [-0.2, 0) is 0 Å². The molecule has 106 valence electrons. The van der Waals surface area contributed by atoms with Crippen LogP contribution in [0.25, 0.3) is 0 Å². The predicted octanol–water partition coefficient (Wildman–Crippen LogP) is 2.14. The highest BCUT2D eigenvalue weighted by Crippen LogP contribution is 2.29. The van der Waals surface area contributed by atoms with Gasteiger partial charge in [0.1, 0.15) is 17.5 Å². The largest absolute Gasteiger partial charge is 0.354 e. The smallest absolute Gasteiger partial charge is 0.148 e. The number of anilines is 2. The van der Waals surface area contributed by atoms with Crippen molar-refractivity contribution in [2.24, 2.45) is 5.84 Å². The summed E-state index contributed by atoms with van der Waals surface area (Å²) in [6.45, 7) is 10.6. The average molecular weight is 281 g/mol. The summed E-state index contributed by atoms with van der Waals surface area (Å²) < 4.78 is 0. The van der Waals surface area contributed by atoms with Crippen molar-refractivity contribution in [2.75, 3.05) is 29.2 Å². The Kier molecular flexibility index (Phi) is 4.52.